The van der Waals surface area contributed by atoms with Gasteiger partial charge in [-0.15, -0.1) is 5.06 Å². The molecule has 0 radical (unpaired) electrons. The maximum atomic E-state index is 13.3. The van der Waals surface area contributed by atoms with Crippen LogP contribution in [0.4, 0.5) is 48.3 Å². The van der Waals surface area contributed by atoms with Crippen molar-refractivity contribution in [1.29, 1.82) is 0 Å². The van der Waals surface area contributed by atoms with Gasteiger partial charge in [0.25, 0.3) is 0 Å². The van der Waals surface area contributed by atoms with Crippen molar-refractivity contribution >= 4 is 40.2 Å². The SMILES string of the molecule is CCn1c(-c2nonc2N)nc2c(-c3cccc(N(OC(=O)C(F)(F)F)C(=O)Nc4cccc(C(F)(F)F)c4)c3)ncc(OCCCN)c21. The molecule has 0 saturated heterocycles. The number of nitrogens with two attached hydrogens (primary N) is 2. The molecule has 2 aromatic carbocycles. The third-order valence-corrected chi connectivity index (χ3v) is 6.77. The Morgan fingerprint density at radius 3 is 2.45 bits per heavy atom. The summed E-state index contributed by atoms with van der Waals surface area (Å²) in [5.41, 5.74) is 10.5. The van der Waals surface area contributed by atoms with E-state index in [1.165, 1.54) is 18.3 Å². The van der Waals surface area contributed by atoms with Gasteiger partial charge in [-0.05, 0) is 60.5 Å². The van der Waals surface area contributed by atoms with Crippen molar-refractivity contribution < 1.29 is 50.1 Å². The number of fused-ring (bicyclic) bond motifs is 1. The number of benzene rings is 2. The number of nitrogens with one attached hydrogen (secondary N) is 1. The number of pyridine rings is 1. The van der Waals surface area contributed by atoms with Crippen LogP contribution >= 0.6 is 0 Å². The summed E-state index contributed by atoms with van der Waals surface area (Å²) < 4.78 is 91.9. The minimum atomic E-state index is -5.54. The number of imidazole rings is 1. The zero-order valence-electron chi connectivity index (χ0n) is 25.2. The van der Waals surface area contributed by atoms with Gasteiger partial charge < -0.3 is 30.9 Å². The number of urea groups is 1. The average Bonchev–Trinajstić information content (AvgIpc) is 3.66. The molecule has 5 rings (SSSR count). The van der Waals surface area contributed by atoms with Gasteiger partial charge in [-0.3, -0.25) is 0 Å². The van der Waals surface area contributed by atoms with Crippen LogP contribution < -0.4 is 26.6 Å². The van der Waals surface area contributed by atoms with Gasteiger partial charge in [0, 0.05) is 17.8 Å². The highest BCUT2D eigenvalue weighted by Gasteiger charge is 2.44. The molecule has 0 fully saturated rings. The predicted octanol–water partition coefficient (Wildman–Crippen LogP) is 5.56. The van der Waals surface area contributed by atoms with Gasteiger partial charge in [0.1, 0.15) is 11.0 Å². The minimum absolute atomic E-state index is 0.0427. The summed E-state index contributed by atoms with van der Waals surface area (Å²) in [6.07, 6.45) is -8.44. The number of ether oxygens (including phenoxy) is 1. The smallest absolute Gasteiger partial charge is 0.490 e. The summed E-state index contributed by atoms with van der Waals surface area (Å²) in [7, 11) is 0. The second-order valence-electron chi connectivity index (χ2n) is 10.1. The lowest BCUT2D eigenvalue weighted by molar-refractivity contribution is -0.199. The number of halogens is 6. The molecule has 20 heteroatoms. The number of nitrogen functional groups attached to an aromatic ring is 1. The van der Waals surface area contributed by atoms with E-state index >= 15 is 0 Å². The van der Waals surface area contributed by atoms with Crippen LogP contribution in [-0.2, 0) is 22.4 Å². The Labute approximate surface area is 271 Å². The van der Waals surface area contributed by atoms with E-state index in [0.29, 0.717) is 36.8 Å². The molecule has 3 aromatic heterocycles. The van der Waals surface area contributed by atoms with E-state index in [0.717, 1.165) is 30.3 Å². The summed E-state index contributed by atoms with van der Waals surface area (Å²) in [5.74, 6) is -2.34. The summed E-state index contributed by atoms with van der Waals surface area (Å²) >= 11 is 0. The van der Waals surface area contributed by atoms with E-state index in [1.807, 2.05) is 5.32 Å². The number of nitrogens with zero attached hydrogens (tertiary/aromatic N) is 6. The Kier molecular flexibility index (Phi) is 9.60. The Morgan fingerprint density at radius 2 is 1.80 bits per heavy atom. The number of anilines is 3. The average molecular weight is 694 g/mol. The zero-order valence-corrected chi connectivity index (χ0v) is 25.2. The molecule has 0 bridgehead atoms. The third kappa shape index (κ3) is 7.32. The molecule has 0 aliphatic heterocycles. The highest BCUT2D eigenvalue weighted by Crippen LogP contribution is 2.38. The molecule has 5 N–H and O–H groups in total. The fraction of sp³-hybridized carbons (Fsp3) is 0.241. The van der Waals surface area contributed by atoms with E-state index in [2.05, 4.69) is 25.1 Å². The van der Waals surface area contributed by atoms with Crippen LogP contribution in [0.25, 0.3) is 33.8 Å². The Hall–Kier alpha value is -5.92. The Morgan fingerprint density at radius 1 is 1.04 bits per heavy atom. The van der Waals surface area contributed by atoms with Crippen molar-refractivity contribution in [3.63, 3.8) is 0 Å². The molecule has 258 valence electrons. The summed E-state index contributed by atoms with van der Waals surface area (Å²) in [4.78, 5) is 38.6. The largest absolute Gasteiger partial charge is 0.493 e. The molecule has 49 heavy (non-hydrogen) atoms. The number of hydroxylamine groups is 1. The highest BCUT2D eigenvalue weighted by molar-refractivity contribution is 6.03. The molecular formula is C29H25F6N9O5. The van der Waals surface area contributed by atoms with Gasteiger partial charge >= 0.3 is 24.4 Å². The predicted molar refractivity (Wildman–Crippen MR) is 161 cm³/mol. The highest BCUT2D eigenvalue weighted by atomic mass is 19.4. The van der Waals surface area contributed by atoms with E-state index in [1.54, 1.807) is 11.5 Å². The quantitative estimate of drug-likeness (QED) is 0.0996. The van der Waals surface area contributed by atoms with Gasteiger partial charge in [-0.1, -0.05) is 18.2 Å². The molecule has 5 aromatic rings. The van der Waals surface area contributed by atoms with Crippen molar-refractivity contribution in [3.05, 3.63) is 60.3 Å². The molecule has 2 amide bonds. The molecule has 3 heterocycles. The van der Waals surface area contributed by atoms with Gasteiger partial charge in [0.2, 0.25) is 0 Å². The normalized spacial score (nSPS) is 11.8. The molecule has 0 aliphatic rings. The van der Waals surface area contributed by atoms with Crippen molar-refractivity contribution in [2.75, 3.05) is 29.3 Å². The fourth-order valence-electron chi connectivity index (χ4n) is 4.61. The fourth-order valence-corrected chi connectivity index (χ4v) is 4.61. The molecule has 14 nitrogen and oxygen atoms in total. The second kappa shape index (κ2) is 13.7. The number of alkyl halides is 6. The number of aryl methyl sites for hydroxylation is 1. The lowest BCUT2D eigenvalue weighted by atomic mass is 10.1. The Balaban J connectivity index is 1.61. The van der Waals surface area contributed by atoms with Gasteiger partial charge in [-0.25, -0.2) is 24.2 Å². The van der Waals surface area contributed by atoms with E-state index in [9.17, 15) is 35.9 Å². The maximum absolute atomic E-state index is 13.3. The number of hydrogen-bond donors (Lipinski definition) is 3. The first-order chi connectivity index (χ1) is 23.2. The van der Waals surface area contributed by atoms with Crippen LogP contribution in [0, 0.1) is 0 Å². The van der Waals surface area contributed by atoms with E-state index in [4.69, 9.17) is 20.8 Å². The summed E-state index contributed by atoms with van der Waals surface area (Å²) in [6, 6.07) is 6.85. The van der Waals surface area contributed by atoms with Crippen molar-refractivity contribution in [2.45, 2.75) is 32.2 Å². The van der Waals surface area contributed by atoms with Crippen LogP contribution in [0.5, 0.6) is 5.75 Å². The number of rotatable bonds is 9. The van der Waals surface area contributed by atoms with Gasteiger partial charge in [0.05, 0.1) is 29.7 Å². The van der Waals surface area contributed by atoms with Crippen LogP contribution in [0.1, 0.15) is 18.9 Å². The standard InChI is InChI=1S/C29H25F6N9O5/c1-2-43-23-19(47-11-5-10-36)14-38-20(21(23)40-25(43)22-24(37)42-49-41-22)15-6-3-9-18(12-15)44(48-26(45)29(33,34)35)27(46)39-17-8-4-7-16(13-17)28(30,31)32/h3-4,6-9,12-14H,2,5,10-11,36H2,1H3,(H2,37,42)(H,39,46). The summed E-state index contributed by atoms with van der Waals surface area (Å²) in [5, 5.41) is 9.40. The maximum Gasteiger partial charge on any atom is 0.493 e. The lowest BCUT2D eigenvalue weighted by Crippen LogP contribution is -2.41. The number of hydrogen-bond acceptors (Lipinski definition) is 11. The molecule has 0 saturated carbocycles. The lowest BCUT2D eigenvalue weighted by Gasteiger charge is -2.23. The van der Waals surface area contributed by atoms with Crippen molar-refractivity contribution in [1.82, 2.24) is 24.8 Å². The van der Waals surface area contributed by atoms with Gasteiger partial charge in [-0.2, -0.15) is 26.3 Å². The number of carbonyl (C=O) groups is 2. The van der Waals surface area contributed by atoms with E-state index in [-0.39, 0.29) is 45.8 Å². The first-order valence-electron chi connectivity index (χ1n) is 14.2. The first-order valence-corrected chi connectivity index (χ1v) is 14.2. The zero-order chi connectivity index (χ0) is 35.5. The Bertz CT molecular complexity index is 1990. The molecule has 0 atom stereocenters. The number of carbonyl (C=O) groups excluding carboxylic acids is 2. The van der Waals surface area contributed by atoms with Crippen molar-refractivity contribution in [3.8, 4) is 28.5 Å². The molecular weight excluding hydrogens is 668 g/mol. The topological polar surface area (TPSA) is 190 Å². The monoisotopic (exact) mass is 693 g/mol. The minimum Gasteiger partial charge on any atom is -0.490 e. The van der Waals surface area contributed by atoms with Crippen LogP contribution in [0.3, 0.4) is 0 Å². The number of amides is 2. The van der Waals surface area contributed by atoms with Crippen LogP contribution in [0.15, 0.2) is 59.4 Å². The second-order valence-corrected chi connectivity index (χ2v) is 10.1. The van der Waals surface area contributed by atoms with Crippen LogP contribution in [0.2, 0.25) is 0 Å². The summed E-state index contributed by atoms with van der Waals surface area (Å²) in [6.45, 7) is 2.68. The van der Waals surface area contributed by atoms with E-state index < -0.39 is 41.3 Å². The van der Waals surface area contributed by atoms with Crippen molar-refractivity contribution in [2.24, 2.45) is 5.73 Å². The number of aromatic nitrogens is 5. The molecule has 0 unspecified atom stereocenters. The third-order valence-electron chi connectivity index (χ3n) is 6.77. The van der Waals surface area contributed by atoms with Gasteiger partial charge in [0.15, 0.2) is 23.1 Å². The first kappa shape index (κ1) is 34.4. The molecule has 0 spiro atoms. The molecule has 0 aliphatic carbocycles. The van der Waals surface area contributed by atoms with Crippen LogP contribution in [-0.4, -0.2) is 56.2 Å².